The van der Waals surface area contributed by atoms with E-state index in [1.165, 1.54) is 0 Å². The predicted octanol–water partition coefficient (Wildman–Crippen LogP) is 6.93. The zero-order valence-electron chi connectivity index (χ0n) is 18.7. The summed E-state index contributed by atoms with van der Waals surface area (Å²) in [6.45, 7) is 2.29. The monoisotopic (exact) mass is 494 g/mol. The quantitative estimate of drug-likeness (QED) is 0.195. The first-order chi connectivity index (χ1) is 16.5. The Morgan fingerprint density at radius 3 is 2.50 bits per heavy atom. The van der Waals surface area contributed by atoms with Gasteiger partial charge in [-0.2, -0.15) is 0 Å². The molecule has 0 saturated carbocycles. The number of ether oxygens (including phenoxy) is 1. The van der Waals surface area contributed by atoms with Crippen LogP contribution in [-0.4, -0.2) is 29.9 Å². The lowest BCUT2D eigenvalue weighted by Gasteiger charge is -2.11. The topological polar surface area (TPSA) is 71.2 Å². The maximum absolute atomic E-state index is 13.1. The molecule has 34 heavy (non-hydrogen) atoms. The molecule has 174 valence electrons. The van der Waals surface area contributed by atoms with E-state index in [4.69, 9.17) is 27.9 Å². The third-order valence-electron chi connectivity index (χ3n) is 5.50. The van der Waals surface area contributed by atoms with E-state index in [-0.39, 0.29) is 24.5 Å². The zero-order chi connectivity index (χ0) is 24.1. The molecule has 0 bridgehead atoms. The second-order valence-electron chi connectivity index (χ2n) is 7.83. The van der Waals surface area contributed by atoms with Crippen LogP contribution in [0, 0.1) is 0 Å². The molecule has 0 amide bonds. The minimum atomic E-state index is -0.507. The molecule has 0 aliphatic carbocycles. The molecule has 0 spiro atoms. The predicted molar refractivity (Wildman–Crippen MR) is 137 cm³/mol. The molecule has 0 radical (unpaired) electrons. The number of nitrogens with one attached hydrogen (secondary N) is 2. The van der Waals surface area contributed by atoms with Crippen LogP contribution in [0.15, 0.2) is 66.7 Å². The molecule has 2 N–H and O–H groups in total. The van der Waals surface area contributed by atoms with Crippen LogP contribution < -0.4 is 5.32 Å². The average Bonchev–Trinajstić information content (AvgIpc) is 3.19. The first kappa shape index (κ1) is 23.9. The van der Waals surface area contributed by atoms with Crippen molar-refractivity contribution >= 4 is 51.5 Å². The van der Waals surface area contributed by atoms with Gasteiger partial charge < -0.3 is 15.0 Å². The SMILES string of the molecule is CCOC(=O)c1[nH]c2cc(Cl)cc(Cl)c2c1NCCC(=O)c1ccccc1Cc1ccccc1. The Morgan fingerprint density at radius 1 is 1.00 bits per heavy atom. The number of hydrogen-bond donors (Lipinski definition) is 2. The molecule has 0 aliphatic rings. The number of benzene rings is 3. The number of Topliss-reactive ketones (excluding diaryl/α,β-unsaturated/α-hetero) is 1. The third kappa shape index (κ3) is 5.27. The van der Waals surface area contributed by atoms with Crippen LogP contribution >= 0.6 is 23.2 Å². The molecule has 0 saturated heterocycles. The smallest absolute Gasteiger partial charge is 0.356 e. The van der Waals surface area contributed by atoms with E-state index in [9.17, 15) is 9.59 Å². The van der Waals surface area contributed by atoms with Crippen molar-refractivity contribution in [3.05, 3.63) is 99.2 Å². The van der Waals surface area contributed by atoms with Crippen LogP contribution in [0.2, 0.25) is 10.0 Å². The van der Waals surface area contributed by atoms with E-state index in [0.29, 0.717) is 45.2 Å². The van der Waals surface area contributed by atoms with Crippen molar-refractivity contribution in [2.75, 3.05) is 18.5 Å². The lowest BCUT2D eigenvalue weighted by Crippen LogP contribution is -2.13. The van der Waals surface area contributed by atoms with Crippen LogP contribution in [0.1, 0.15) is 45.3 Å². The van der Waals surface area contributed by atoms with Gasteiger partial charge in [-0.15, -0.1) is 0 Å². The molecule has 1 heterocycles. The second-order valence-corrected chi connectivity index (χ2v) is 8.67. The van der Waals surface area contributed by atoms with Crippen molar-refractivity contribution in [3.8, 4) is 0 Å². The first-order valence-corrected chi connectivity index (χ1v) is 11.8. The number of hydrogen-bond acceptors (Lipinski definition) is 4. The molecule has 5 nitrogen and oxygen atoms in total. The Hall–Kier alpha value is -3.28. The normalized spacial score (nSPS) is 10.9. The number of carbonyl (C=O) groups excluding carboxylic acids is 2. The summed E-state index contributed by atoms with van der Waals surface area (Å²) < 4.78 is 5.18. The fourth-order valence-corrected chi connectivity index (χ4v) is 4.57. The molecule has 0 unspecified atom stereocenters. The Labute approximate surface area is 208 Å². The number of halogens is 2. The summed E-state index contributed by atoms with van der Waals surface area (Å²) in [7, 11) is 0. The third-order valence-corrected chi connectivity index (χ3v) is 6.02. The number of H-pyrrole nitrogens is 1. The summed E-state index contributed by atoms with van der Waals surface area (Å²) in [6.07, 6.45) is 0.925. The van der Waals surface area contributed by atoms with Gasteiger partial charge in [0.1, 0.15) is 5.69 Å². The zero-order valence-corrected chi connectivity index (χ0v) is 20.2. The summed E-state index contributed by atoms with van der Waals surface area (Å²) in [4.78, 5) is 28.7. The van der Waals surface area contributed by atoms with Gasteiger partial charge in [0.2, 0.25) is 0 Å². The number of aromatic nitrogens is 1. The van der Waals surface area contributed by atoms with Gasteiger partial charge in [0.15, 0.2) is 5.78 Å². The lowest BCUT2D eigenvalue weighted by molar-refractivity contribution is 0.0521. The standard InChI is InChI=1S/C27H24Cl2N2O3/c1-2-34-27(33)26-25(24-21(29)15-19(28)16-22(24)31-26)30-13-12-23(32)20-11-7-6-10-18(20)14-17-8-4-3-5-9-17/h3-11,15-16,30-31H,2,12-14H2,1H3. The first-order valence-electron chi connectivity index (χ1n) is 11.0. The largest absolute Gasteiger partial charge is 0.461 e. The maximum Gasteiger partial charge on any atom is 0.356 e. The molecular formula is C27H24Cl2N2O3. The molecule has 0 aliphatic heterocycles. The van der Waals surface area contributed by atoms with Gasteiger partial charge >= 0.3 is 5.97 Å². The van der Waals surface area contributed by atoms with Crippen molar-refractivity contribution in [2.24, 2.45) is 0 Å². The van der Waals surface area contributed by atoms with Crippen molar-refractivity contribution in [1.29, 1.82) is 0 Å². The number of anilines is 1. The van der Waals surface area contributed by atoms with Gasteiger partial charge in [0, 0.05) is 28.9 Å². The van der Waals surface area contributed by atoms with Crippen molar-refractivity contribution in [1.82, 2.24) is 4.98 Å². The van der Waals surface area contributed by atoms with E-state index in [0.717, 1.165) is 11.1 Å². The van der Waals surface area contributed by atoms with Gasteiger partial charge in [-0.05, 0) is 36.6 Å². The number of carbonyl (C=O) groups is 2. The Bertz CT molecular complexity index is 1330. The van der Waals surface area contributed by atoms with Crippen molar-refractivity contribution in [2.45, 2.75) is 19.8 Å². The highest BCUT2D eigenvalue weighted by Gasteiger charge is 2.21. The van der Waals surface area contributed by atoms with Gasteiger partial charge in [0.05, 0.1) is 22.8 Å². The molecular weight excluding hydrogens is 471 g/mol. The highest BCUT2D eigenvalue weighted by molar-refractivity contribution is 6.40. The molecule has 3 aromatic carbocycles. The Balaban J connectivity index is 1.54. The highest BCUT2D eigenvalue weighted by atomic mass is 35.5. The van der Waals surface area contributed by atoms with E-state index < -0.39 is 5.97 Å². The van der Waals surface area contributed by atoms with Crippen LogP contribution in [-0.2, 0) is 11.2 Å². The Morgan fingerprint density at radius 2 is 1.74 bits per heavy atom. The van der Waals surface area contributed by atoms with Crippen molar-refractivity contribution in [3.63, 3.8) is 0 Å². The molecule has 0 fully saturated rings. The van der Waals surface area contributed by atoms with Crippen molar-refractivity contribution < 1.29 is 14.3 Å². The fraction of sp³-hybridized carbons (Fsp3) is 0.185. The number of aromatic amines is 1. The molecule has 7 heteroatoms. The summed E-state index contributed by atoms with van der Waals surface area (Å²) in [6, 6.07) is 21.0. The van der Waals surface area contributed by atoms with E-state index in [1.54, 1.807) is 19.1 Å². The minimum Gasteiger partial charge on any atom is -0.461 e. The number of ketones is 1. The summed E-state index contributed by atoms with van der Waals surface area (Å²) >= 11 is 12.6. The van der Waals surface area contributed by atoms with Gasteiger partial charge in [0.25, 0.3) is 0 Å². The number of rotatable bonds is 9. The molecule has 1 aromatic heterocycles. The number of fused-ring (bicyclic) bond motifs is 1. The second kappa shape index (κ2) is 10.8. The molecule has 0 atom stereocenters. The van der Waals surface area contributed by atoms with Crippen LogP contribution in [0.4, 0.5) is 5.69 Å². The van der Waals surface area contributed by atoms with E-state index >= 15 is 0 Å². The maximum atomic E-state index is 13.1. The van der Waals surface area contributed by atoms with Crippen LogP contribution in [0.3, 0.4) is 0 Å². The van der Waals surface area contributed by atoms with Crippen LogP contribution in [0.5, 0.6) is 0 Å². The van der Waals surface area contributed by atoms with Gasteiger partial charge in [-0.1, -0.05) is 77.8 Å². The number of esters is 1. The van der Waals surface area contributed by atoms with Crippen LogP contribution in [0.25, 0.3) is 10.9 Å². The summed E-state index contributed by atoms with van der Waals surface area (Å²) in [5.74, 6) is -0.487. The van der Waals surface area contributed by atoms with Gasteiger partial charge in [-0.3, -0.25) is 4.79 Å². The van der Waals surface area contributed by atoms with Gasteiger partial charge in [-0.25, -0.2) is 4.79 Å². The van der Waals surface area contributed by atoms with E-state index in [1.807, 2.05) is 54.6 Å². The highest BCUT2D eigenvalue weighted by Crippen LogP contribution is 2.36. The summed E-state index contributed by atoms with van der Waals surface area (Å²) in [5, 5.41) is 4.71. The van der Waals surface area contributed by atoms with E-state index in [2.05, 4.69) is 10.3 Å². The Kier molecular flexibility index (Phi) is 7.56. The molecule has 4 rings (SSSR count). The summed E-state index contributed by atoms with van der Waals surface area (Å²) in [5.41, 5.74) is 4.19. The lowest BCUT2D eigenvalue weighted by atomic mass is 9.96. The molecule has 4 aromatic rings. The minimum absolute atomic E-state index is 0.0192. The fourth-order valence-electron chi connectivity index (χ4n) is 3.98. The average molecular weight is 495 g/mol.